The zero-order chi connectivity index (χ0) is 23.5. The van der Waals surface area contributed by atoms with E-state index in [1.807, 2.05) is 63.2 Å². The lowest BCUT2D eigenvalue weighted by molar-refractivity contribution is -0.144. The number of oxazole rings is 1. The summed E-state index contributed by atoms with van der Waals surface area (Å²) in [6.07, 6.45) is 1.58. The van der Waals surface area contributed by atoms with Crippen LogP contribution in [0.4, 0.5) is 0 Å². The van der Waals surface area contributed by atoms with Gasteiger partial charge >= 0.3 is 5.97 Å². The van der Waals surface area contributed by atoms with Crippen LogP contribution in [-0.4, -0.2) is 28.8 Å². The molecule has 4 rings (SSSR count). The molecule has 0 spiro atoms. The lowest BCUT2D eigenvalue weighted by atomic mass is 9.82. The van der Waals surface area contributed by atoms with Crippen LogP contribution in [0.5, 0.6) is 0 Å². The van der Waals surface area contributed by atoms with Crippen molar-refractivity contribution >= 4 is 5.97 Å². The van der Waals surface area contributed by atoms with Gasteiger partial charge in [0, 0.05) is 17.9 Å². The minimum absolute atomic E-state index is 0.188. The number of hydrogen-bond acceptors (Lipinski definition) is 4. The van der Waals surface area contributed by atoms with E-state index >= 15 is 0 Å². The van der Waals surface area contributed by atoms with E-state index in [0.29, 0.717) is 31.8 Å². The van der Waals surface area contributed by atoms with Gasteiger partial charge in [-0.15, -0.1) is 6.58 Å². The Morgan fingerprint density at radius 1 is 1.21 bits per heavy atom. The highest BCUT2D eigenvalue weighted by Crippen LogP contribution is 2.42. The zero-order valence-electron chi connectivity index (χ0n) is 19.5. The van der Waals surface area contributed by atoms with Gasteiger partial charge < -0.3 is 14.3 Å². The molecule has 33 heavy (non-hydrogen) atoms. The van der Waals surface area contributed by atoms with Gasteiger partial charge in [-0.1, -0.05) is 47.5 Å². The SMILES string of the molecule is C=C(C)C[C@H](C(=O)O)C1c2ccccc2C[C@@H]1OCCc1nc(-c2ccc(C)cc2)oc1C. The van der Waals surface area contributed by atoms with Gasteiger partial charge in [-0.05, 0) is 56.9 Å². The van der Waals surface area contributed by atoms with E-state index in [1.54, 1.807) is 0 Å². The molecule has 0 aliphatic heterocycles. The molecule has 1 aliphatic carbocycles. The molecular weight excluding hydrogens is 414 g/mol. The monoisotopic (exact) mass is 445 g/mol. The van der Waals surface area contributed by atoms with Crippen LogP contribution < -0.4 is 0 Å². The average molecular weight is 446 g/mol. The number of carbonyl (C=O) groups is 1. The van der Waals surface area contributed by atoms with Crippen molar-refractivity contribution in [3.63, 3.8) is 0 Å². The van der Waals surface area contributed by atoms with Crippen LogP contribution in [0.15, 0.2) is 65.1 Å². The van der Waals surface area contributed by atoms with Gasteiger partial charge in [0.1, 0.15) is 5.76 Å². The third kappa shape index (κ3) is 5.09. The van der Waals surface area contributed by atoms with Crippen molar-refractivity contribution in [3.8, 4) is 11.5 Å². The molecule has 2 aromatic carbocycles. The van der Waals surface area contributed by atoms with Crippen LogP contribution in [0.3, 0.4) is 0 Å². The Labute approximate surface area is 195 Å². The highest BCUT2D eigenvalue weighted by Gasteiger charge is 2.41. The first-order chi connectivity index (χ1) is 15.8. The fourth-order valence-corrected chi connectivity index (χ4v) is 4.76. The first kappa shape index (κ1) is 23.0. The molecule has 0 saturated carbocycles. The van der Waals surface area contributed by atoms with Gasteiger partial charge in [-0.3, -0.25) is 4.79 Å². The van der Waals surface area contributed by atoms with Gasteiger partial charge in [0.05, 0.1) is 24.3 Å². The normalized spacial score (nSPS) is 18.2. The summed E-state index contributed by atoms with van der Waals surface area (Å²) in [6, 6.07) is 16.2. The highest BCUT2D eigenvalue weighted by molar-refractivity contribution is 5.72. The quantitative estimate of drug-likeness (QED) is 0.416. The summed E-state index contributed by atoms with van der Waals surface area (Å²) in [6.45, 7) is 10.3. The van der Waals surface area contributed by atoms with Crippen LogP contribution in [0.1, 0.15) is 47.4 Å². The molecular formula is C28H31NO4. The topological polar surface area (TPSA) is 72.6 Å². The van der Waals surface area contributed by atoms with Crippen LogP contribution in [-0.2, 0) is 22.4 Å². The lowest BCUT2D eigenvalue weighted by Gasteiger charge is -2.27. The van der Waals surface area contributed by atoms with E-state index in [4.69, 9.17) is 9.15 Å². The van der Waals surface area contributed by atoms with Gasteiger partial charge in [-0.25, -0.2) is 4.98 Å². The molecule has 3 aromatic rings. The molecule has 1 heterocycles. The summed E-state index contributed by atoms with van der Waals surface area (Å²) in [7, 11) is 0. The third-order valence-electron chi connectivity index (χ3n) is 6.42. The van der Waals surface area contributed by atoms with E-state index in [2.05, 4.69) is 17.6 Å². The number of benzene rings is 2. The van der Waals surface area contributed by atoms with Crippen molar-refractivity contribution in [2.24, 2.45) is 5.92 Å². The molecule has 0 bridgehead atoms. The summed E-state index contributed by atoms with van der Waals surface area (Å²) < 4.78 is 12.2. The number of nitrogens with zero attached hydrogens (tertiary/aromatic N) is 1. The van der Waals surface area contributed by atoms with Crippen molar-refractivity contribution < 1.29 is 19.1 Å². The molecule has 5 heteroatoms. The number of aromatic nitrogens is 1. The average Bonchev–Trinajstić information content (AvgIpc) is 3.32. The molecule has 0 radical (unpaired) electrons. The van der Waals surface area contributed by atoms with E-state index in [-0.39, 0.29) is 12.0 Å². The second-order valence-corrected chi connectivity index (χ2v) is 9.08. The second kappa shape index (κ2) is 9.75. The molecule has 1 aromatic heterocycles. The number of ether oxygens (including phenoxy) is 1. The molecule has 3 atom stereocenters. The molecule has 0 amide bonds. The van der Waals surface area contributed by atoms with Gasteiger partial charge in [0.15, 0.2) is 0 Å². The lowest BCUT2D eigenvalue weighted by Crippen LogP contribution is -2.31. The van der Waals surface area contributed by atoms with Crippen molar-refractivity contribution in [3.05, 3.63) is 88.8 Å². The molecule has 5 nitrogen and oxygen atoms in total. The van der Waals surface area contributed by atoms with E-state index in [9.17, 15) is 9.90 Å². The molecule has 0 fully saturated rings. The van der Waals surface area contributed by atoms with Crippen LogP contribution in [0.2, 0.25) is 0 Å². The largest absolute Gasteiger partial charge is 0.481 e. The van der Waals surface area contributed by atoms with Crippen molar-refractivity contribution in [1.82, 2.24) is 4.98 Å². The fraction of sp³-hybridized carbons (Fsp3) is 0.357. The maximum Gasteiger partial charge on any atom is 0.307 e. The number of fused-ring (bicyclic) bond motifs is 1. The molecule has 0 saturated heterocycles. The number of rotatable bonds is 9. The predicted molar refractivity (Wildman–Crippen MR) is 128 cm³/mol. The molecule has 1 N–H and O–H groups in total. The predicted octanol–water partition coefficient (Wildman–Crippen LogP) is 5.89. The number of carboxylic acid groups (broad SMARTS) is 1. The Morgan fingerprint density at radius 2 is 1.94 bits per heavy atom. The summed E-state index contributed by atoms with van der Waals surface area (Å²) in [5, 5.41) is 9.97. The van der Waals surface area contributed by atoms with E-state index in [0.717, 1.165) is 28.2 Å². The Morgan fingerprint density at radius 3 is 2.64 bits per heavy atom. The first-order valence-electron chi connectivity index (χ1n) is 11.4. The maximum absolute atomic E-state index is 12.2. The Balaban J connectivity index is 1.48. The highest BCUT2D eigenvalue weighted by atomic mass is 16.5. The van der Waals surface area contributed by atoms with E-state index in [1.165, 1.54) is 11.1 Å². The van der Waals surface area contributed by atoms with Crippen LogP contribution in [0.25, 0.3) is 11.5 Å². The number of allylic oxidation sites excluding steroid dienone is 1. The maximum atomic E-state index is 12.2. The van der Waals surface area contributed by atoms with Crippen molar-refractivity contribution in [1.29, 1.82) is 0 Å². The van der Waals surface area contributed by atoms with Gasteiger partial charge in [0.25, 0.3) is 0 Å². The number of aryl methyl sites for hydroxylation is 2. The molecule has 1 aliphatic rings. The Kier molecular flexibility index (Phi) is 6.80. The standard InChI is InChI=1S/C28H31NO4/c1-17(2)15-23(28(30)31)26-22-8-6-5-7-21(22)16-25(26)32-14-13-24-19(4)33-27(29-24)20-11-9-18(3)10-12-20/h5-12,23,25-26H,1,13-16H2,2-4H3,(H,30,31)/t23-,25-,26?/m0/s1. The second-order valence-electron chi connectivity index (χ2n) is 9.08. The minimum atomic E-state index is -0.802. The van der Waals surface area contributed by atoms with Crippen molar-refractivity contribution in [2.45, 2.75) is 52.1 Å². The number of carboxylic acids is 1. The van der Waals surface area contributed by atoms with Crippen LogP contribution >= 0.6 is 0 Å². The van der Waals surface area contributed by atoms with Crippen LogP contribution in [0, 0.1) is 19.8 Å². The fourth-order valence-electron chi connectivity index (χ4n) is 4.76. The summed E-state index contributed by atoms with van der Waals surface area (Å²) in [5.74, 6) is -0.162. The molecule has 1 unspecified atom stereocenters. The Bertz CT molecular complexity index is 1140. The van der Waals surface area contributed by atoms with Gasteiger partial charge in [-0.2, -0.15) is 0 Å². The summed E-state index contributed by atoms with van der Waals surface area (Å²) in [5.41, 5.74) is 6.12. The molecule has 172 valence electrons. The van der Waals surface area contributed by atoms with Crippen molar-refractivity contribution in [2.75, 3.05) is 6.61 Å². The van der Waals surface area contributed by atoms with Gasteiger partial charge in [0.2, 0.25) is 5.89 Å². The van der Waals surface area contributed by atoms with E-state index < -0.39 is 11.9 Å². The third-order valence-corrected chi connectivity index (χ3v) is 6.42. The summed E-state index contributed by atoms with van der Waals surface area (Å²) in [4.78, 5) is 16.8. The Hall–Kier alpha value is -3.18. The number of aliphatic carboxylic acids is 1. The minimum Gasteiger partial charge on any atom is -0.481 e. The first-order valence-corrected chi connectivity index (χ1v) is 11.4. The zero-order valence-corrected chi connectivity index (χ0v) is 19.5. The summed E-state index contributed by atoms with van der Waals surface area (Å²) >= 11 is 0. The number of hydrogen-bond donors (Lipinski definition) is 1. The smallest absolute Gasteiger partial charge is 0.307 e.